The van der Waals surface area contributed by atoms with Crippen molar-refractivity contribution in [3.8, 4) is 12.3 Å². The Morgan fingerprint density at radius 1 is 1.70 bits per heavy atom. The van der Waals surface area contributed by atoms with Gasteiger partial charge in [0.2, 0.25) is 0 Å². The molecule has 56 valence electrons. The molecule has 1 aliphatic rings. The quantitative estimate of drug-likeness (QED) is 0.312. The second-order valence-electron chi connectivity index (χ2n) is 2.87. The van der Waals surface area contributed by atoms with Gasteiger partial charge in [0.05, 0.1) is 4.55 Å². The molecule has 0 bridgehead atoms. The fourth-order valence-electron chi connectivity index (χ4n) is 1.18. The Labute approximate surface area is 76.3 Å². The molecule has 2 heteroatoms. The zero-order chi connectivity index (χ0) is 7.56. The van der Waals surface area contributed by atoms with E-state index in [-0.39, 0.29) is 0 Å². The van der Waals surface area contributed by atoms with Crippen LogP contribution in [0.5, 0.6) is 0 Å². The molecule has 0 saturated heterocycles. The summed E-state index contributed by atoms with van der Waals surface area (Å²) < 4.78 is 1.11. The van der Waals surface area contributed by atoms with Crippen molar-refractivity contribution >= 4 is 22.6 Å². The van der Waals surface area contributed by atoms with E-state index < -0.39 is 0 Å². The summed E-state index contributed by atoms with van der Waals surface area (Å²) >= 11 is 2.38. The molecule has 0 aromatic carbocycles. The third kappa shape index (κ3) is 1.64. The summed E-state index contributed by atoms with van der Waals surface area (Å²) in [6.45, 7) is 0. The second kappa shape index (κ2) is 3.59. The van der Waals surface area contributed by atoms with Crippen LogP contribution in [-0.2, 0) is 0 Å². The molecular formula is C8H12IN. The van der Waals surface area contributed by atoms with E-state index >= 15 is 0 Å². The number of nitrogens with zero attached hydrogens (tertiary/aromatic N) is 1. The first kappa shape index (κ1) is 8.35. The largest absolute Gasteiger partial charge is 0.294 e. The maximum absolute atomic E-state index is 5.27. The van der Waals surface area contributed by atoms with Crippen molar-refractivity contribution < 1.29 is 0 Å². The van der Waals surface area contributed by atoms with Crippen molar-refractivity contribution in [1.29, 1.82) is 0 Å². The smallest absolute Gasteiger partial charge is 0.0505 e. The SMILES string of the molecule is C#C[C@H]1C[C@H](N(C)CI)C1. The summed E-state index contributed by atoms with van der Waals surface area (Å²) in [5.41, 5.74) is 0. The zero-order valence-corrected chi connectivity index (χ0v) is 8.34. The van der Waals surface area contributed by atoms with Gasteiger partial charge < -0.3 is 0 Å². The standard InChI is InChI=1S/C8H12IN/c1-3-7-4-8(5-7)10(2)6-9/h1,7-8H,4-6H2,2H3/t7-,8-. The van der Waals surface area contributed by atoms with Crippen molar-refractivity contribution in [2.45, 2.75) is 18.9 Å². The molecule has 0 aromatic heterocycles. The third-order valence-corrected chi connectivity index (χ3v) is 3.24. The molecule has 0 N–H and O–H groups in total. The van der Waals surface area contributed by atoms with Crippen LogP contribution in [0.4, 0.5) is 0 Å². The Morgan fingerprint density at radius 3 is 2.70 bits per heavy atom. The van der Waals surface area contributed by atoms with Gasteiger partial charge in [0.1, 0.15) is 0 Å². The van der Waals surface area contributed by atoms with Crippen LogP contribution in [0.2, 0.25) is 0 Å². The minimum absolute atomic E-state index is 0.565. The Hall–Kier alpha value is 0.250. The number of halogens is 1. The molecule has 0 unspecified atom stereocenters. The average molecular weight is 249 g/mol. The predicted molar refractivity (Wildman–Crippen MR) is 52.0 cm³/mol. The van der Waals surface area contributed by atoms with Crippen LogP contribution in [0.1, 0.15) is 12.8 Å². The molecule has 10 heavy (non-hydrogen) atoms. The molecule has 1 saturated carbocycles. The summed E-state index contributed by atoms with van der Waals surface area (Å²) in [6.07, 6.45) is 7.68. The van der Waals surface area contributed by atoms with E-state index in [9.17, 15) is 0 Å². The maximum Gasteiger partial charge on any atom is 0.0505 e. The third-order valence-electron chi connectivity index (χ3n) is 2.16. The van der Waals surface area contributed by atoms with Gasteiger partial charge in [-0.1, -0.05) is 22.6 Å². The molecule has 0 aliphatic heterocycles. The van der Waals surface area contributed by atoms with E-state index in [1.54, 1.807) is 0 Å². The van der Waals surface area contributed by atoms with Crippen molar-refractivity contribution in [2.75, 3.05) is 11.6 Å². The Morgan fingerprint density at radius 2 is 2.30 bits per heavy atom. The van der Waals surface area contributed by atoms with Crippen LogP contribution < -0.4 is 0 Å². The Kier molecular flexibility index (Phi) is 2.99. The van der Waals surface area contributed by atoms with Crippen LogP contribution in [0.15, 0.2) is 0 Å². The highest BCUT2D eigenvalue weighted by Crippen LogP contribution is 2.30. The average Bonchev–Trinajstić information content (AvgIpc) is 1.85. The highest BCUT2D eigenvalue weighted by molar-refractivity contribution is 14.1. The predicted octanol–water partition coefficient (Wildman–Crippen LogP) is 1.72. The minimum atomic E-state index is 0.565. The molecule has 0 atom stereocenters. The van der Waals surface area contributed by atoms with Crippen molar-refractivity contribution in [2.24, 2.45) is 5.92 Å². The molecular weight excluding hydrogens is 237 g/mol. The van der Waals surface area contributed by atoms with E-state index in [0.717, 1.165) is 10.6 Å². The van der Waals surface area contributed by atoms with Gasteiger partial charge in [0.15, 0.2) is 0 Å². The zero-order valence-electron chi connectivity index (χ0n) is 6.18. The van der Waals surface area contributed by atoms with Gasteiger partial charge in [-0.15, -0.1) is 12.3 Å². The van der Waals surface area contributed by atoms with Crippen LogP contribution in [0.25, 0.3) is 0 Å². The van der Waals surface area contributed by atoms with Crippen molar-refractivity contribution in [1.82, 2.24) is 4.90 Å². The summed E-state index contributed by atoms with van der Waals surface area (Å²) in [5.74, 6) is 3.35. The van der Waals surface area contributed by atoms with Gasteiger partial charge >= 0.3 is 0 Å². The van der Waals surface area contributed by atoms with Crippen LogP contribution in [0, 0.1) is 18.3 Å². The number of hydrogen-bond acceptors (Lipinski definition) is 1. The fraction of sp³-hybridized carbons (Fsp3) is 0.750. The summed E-state index contributed by atoms with van der Waals surface area (Å²) in [4.78, 5) is 2.36. The van der Waals surface area contributed by atoms with Gasteiger partial charge in [0, 0.05) is 12.0 Å². The van der Waals surface area contributed by atoms with E-state index in [2.05, 4.69) is 40.5 Å². The molecule has 0 spiro atoms. The first-order valence-electron chi connectivity index (χ1n) is 3.50. The lowest BCUT2D eigenvalue weighted by atomic mass is 9.80. The fourth-order valence-corrected chi connectivity index (χ4v) is 1.74. The lowest BCUT2D eigenvalue weighted by molar-refractivity contribution is 0.153. The van der Waals surface area contributed by atoms with Crippen molar-refractivity contribution in [3.63, 3.8) is 0 Å². The summed E-state index contributed by atoms with van der Waals surface area (Å²) in [5, 5.41) is 0. The van der Waals surface area contributed by atoms with E-state index in [1.165, 1.54) is 12.8 Å². The van der Waals surface area contributed by atoms with Crippen LogP contribution >= 0.6 is 22.6 Å². The van der Waals surface area contributed by atoms with Gasteiger partial charge in [-0.2, -0.15) is 0 Å². The van der Waals surface area contributed by atoms with Crippen LogP contribution in [0.3, 0.4) is 0 Å². The Balaban J connectivity index is 2.20. The van der Waals surface area contributed by atoms with Gasteiger partial charge in [-0.25, -0.2) is 0 Å². The first-order chi connectivity index (χ1) is 4.77. The highest BCUT2D eigenvalue weighted by Gasteiger charge is 2.29. The lowest BCUT2D eigenvalue weighted by Gasteiger charge is -2.37. The number of alkyl halides is 1. The first-order valence-corrected chi connectivity index (χ1v) is 5.02. The van der Waals surface area contributed by atoms with Gasteiger partial charge in [0.25, 0.3) is 0 Å². The molecule has 0 radical (unpaired) electrons. The highest BCUT2D eigenvalue weighted by atomic mass is 127. The van der Waals surface area contributed by atoms with Gasteiger partial charge in [-0.3, -0.25) is 4.90 Å². The number of rotatable bonds is 2. The second-order valence-corrected chi connectivity index (χ2v) is 3.55. The Bertz CT molecular complexity index is 144. The molecule has 1 fully saturated rings. The summed E-state index contributed by atoms with van der Waals surface area (Å²) in [7, 11) is 2.16. The topological polar surface area (TPSA) is 3.24 Å². The van der Waals surface area contributed by atoms with E-state index in [1.807, 2.05) is 0 Å². The van der Waals surface area contributed by atoms with Gasteiger partial charge in [-0.05, 0) is 19.9 Å². The molecule has 0 amide bonds. The molecule has 1 rings (SSSR count). The number of terminal acetylenes is 1. The van der Waals surface area contributed by atoms with Crippen LogP contribution in [-0.4, -0.2) is 22.5 Å². The minimum Gasteiger partial charge on any atom is -0.294 e. The van der Waals surface area contributed by atoms with E-state index in [0.29, 0.717) is 5.92 Å². The normalized spacial score (nSPS) is 31.4. The molecule has 1 nitrogen and oxygen atoms in total. The molecule has 1 aliphatic carbocycles. The molecule has 0 heterocycles. The lowest BCUT2D eigenvalue weighted by Crippen LogP contribution is -2.41. The van der Waals surface area contributed by atoms with E-state index in [4.69, 9.17) is 6.42 Å². The number of hydrogen-bond donors (Lipinski definition) is 0. The molecule has 0 aromatic rings. The maximum atomic E-state index is 5.27. The summed E-state index contributed by atoms with van der Waals surface area (Å²) in [6, 6.07) is 0.762. The monoisotopic (exact) mass is 249 g/mol. The van der Waals surface area contributed by atoms with Crippen molar-refractivity contribution in [3.05, 3.63) is 0 Å².